The molecule has 6 heterocycles. The molecule has 1 spiro atoms. The van der Waals surface area contributed by atoms with Crippen molar-refractivity contribution >= 4 is 34.1 Å². The summed E-state index contributed by atoms with van der Waals surface area (Å²) in [6.07, 6.45) is 4.36. The van der Waals surface area contributed by atoms with E-state index in [1.54, 1.807) is 17.1 Å². The highest BCUT2D eigenvalue weighted by molar-refractivity contribution is 6.03. The molecule has 0 radical (unpaired) electrons. The summed E-state index contributed by atoms with van der Waals surface area (Å²) in [4.78, 5) is 44.0. The normalized spacial score (nSPS) is 20.3. The van der Waals surface area contributed by atoms with E-state index in [1.165, 1.54) is 12.3 Å². The van der Waals surface area contributed by atoms with Gasteiger partial charge in [0.1, 0.15) is 17.8 Å². The standard InChI is InChI=1S/C34H35FN10O2/c1-41-22-37-32(40-41)23-2-5-25(6-3-23)43-14-16-44(17-15-43)30(46)20-42-12-10-34(21-42)11-13-45(33(34)47)26-7-9-28-27(18-26)31(39-38-28)29-8-4-24(35)19-36-29/h2-9,18-19,22H,10-17,20-21H2,1H3,(H,38,39)/t34-/m0/s1. The van der Waals surface area contributed by atoms with Gasteiger partial charge >= 0.3 is 0 Å². The number of amides is 2. The molecule has 0 bridgehead atoms. The molecule has 0 unspecified atom stereocenters. The summed E-state index contributed by atoms with van der Waals surface area (Å²) < 4.78 is 15.1. The number of pyridine rings is 1. The minimum Gasteiger partial charge on any atom is -0.368 e. The van der Waals surface area contributed by atoms with Crippen molar-refractivity contribution < 1.29 is 14.0 Å². The number of carbonyl (C=O) groups is 2. The third-order valence-electron chi connectivity index (χ3n) is 9.86. The van der Waals surface area contributed by atoms with Crippen LogP contribution in [0.3, 0.4) is 0 Å². The second kappa shape index (κ2) is 11.6. The number of aryl methyl sites for hydroxylation is 1. The van der Waals surface area contributed by atoms with Crippen LogP contribution in [-0.2, 0) is 16.6 Å². The molecule has 12 nitrogen and oxygen atoms in total. The van der Waals surface area contributed by atoms with Crippen molar-refractivity contribution in [2.45, 2.75) is 12.8 Å². The summed E-state index contributed by atoms with van der Waals surface area (Å²) in [6, 6.07) is 17.0. The topological polar surface area (TPSA) is 119 Å². The molecule has 2 aromatic carbocycles. The van der Waals surface area contributed by atoms with E-state index in [4.69, 9.17) is 0 Å². The van der Waals surface area contributed by atoms with Gasteiger partial charge in [-0.05, 0) is 74.0 Å². The molecule has 3 aromatic heterocycles. The Hall–Kier alpha value is -5.17. The van der Waals surface area contributed by atoms with Crippen LogP contribution in [-0.4, -0.2) is 104 Å². The van der Waals surface area contributed by atoms with E-state index in [9.17, 15) is 14.0 Å². The summed E-state index contributed by atoms with van der Waals surface area (Å²) in [7, 11) is 1.85. The predicted octanol–water partition coefficient (Wildman–Crippen LogP) is 3.34. The predicted molar refractivity (Wildman–Crippen MR) is 175 cm³/mol. The van der Waals surface area contributed by atoms with Gasteiger partial charge in [-0.15, -0.1) is 0 Å². The second-order valence-corrected chi connectivity index (χ2v) is 12.8. The number of hydrogen-bond acceptors (Lipinski definition) is 8. The van der Waals surface area contributed by atoms with Crippen molar-refractivity contribution in [3.05, 3.63) is 72.9 Å². The molecular formula is C34H35FN10O2. The van der Waals surface area contributed by atoms with Gasteiger partial charge in [0.2, 0.25) is 11.8 Å². The van der Waals surface area contributed by atoms with E-state index < -0.39 is 11.2 Å². The van der Waals surface area contributed by atoms with Crippen LogP contribution in [0.1, 0.15) is 12.8 Å². The fourth-order valence-corrected chi connectivity index (χ4v) is 7.22. The molecule has 2 amide bonds. The van der Waals surface area contributed by atoms with Crippen LogP contribution >= 0.6 is 0 Å². The highest BCUT2D eigenvalue weighted by Gasteiger charge is 2.51. The zero-order valence-corrected chi connectivity index (χ0v) is 26.1. The van der Waals surface area contributed by atoms with Crippen molar-refractivity contribution in [2.24, 2.45) is 12.5 Å². The summed E-state index contributed by atoms with van der Waals surface area (Å²) in [6.45, 7) is 5.13. The molecule has 1 N–H and O–H groups in total. The Morgan fingerprint density at radius 1 is 0.936 bits per heavy atom. The van der Waals surface area contributed by atoms with Crippen molar-refractivity contribution in [3.8, 4) is 22.8 Å². The maximum absolute atomic E-state index is 13.9. The van der Waals surface area contributed by atoms with Gasteiger partial charge in [-0.1, -0.05) is 0 Å². The average Bonchev–Trinajstić information content (AvgIpc) is 3.89. The van der Waals surface area contributed by atoms with E-state index in [0.717, 1.165) is 60.3 Å². The SMILES string of the molecule is Cn1cnc(-c2ccc(N3CCN(C(=O)CN4CC[C@]5(CCN(c6ccc7[nH]nc(-c8ccc(F)cn8)c7c6)C5=O)C4)CC3)cc2)n1. The molecule has 8 rings (SSSR count). The summed E-state index contributed by atoms with van der Waals surface area (Å²) in [5, 5.41) is 12.6. The van der Waals surface area contributed by atoms with Crippen molar-refractivity contribution in [1.82, 2.24) is 39.7 Å². The van der Waals surface area contributed by atoms with Crippen molar-refractivity contribution in [1.29, 1.82) is 0 Å². The van der Waals surface area contributed by atoms with E-state index in [0.29, 0.717) is 49.9 Å². The first kappa shape index (κ1) is 29.2. The largest absolute Gasteiger partial charge is 0.368 e. The molecule has 3 fully saturated rings. The second-order valence-electron chi connectivity index (χ2n) is 12.8. The number of benzene rings is 2. The minimum atomic E-state index is -0.484. The van der Waals surface area contributed by atoms with E-state index >= 15 is 0 Å². The fraction of sp³-hybridized carbons (Fsp3) is 0.353. The van der Waals surface area contributed by atoms with Gasteiger partial charge in [0.15, 0.2) is 5.82 Å². The lowest BCUT2D eigenvalue weighted by Crippen LogP contribution is -2.51. The molecular weight excluding hydrogens is 599 g/mol. The fourth-order valence-electron chi connectivity index (χ4n) is 7.22. The molecule has 3 aliphatic rings. The van der Waals surface area contributed by atoms with Crippen LogP contribution in [0.2, 0.25) is 0 Å². The number of likely N-dealkylation sites (tertiary alicyclic amines) is 1. The third-order valence-corrected chi connectivity index (χ3v) is 9.86. The smallest absolute Gasteiger partial charge is 0.236 e. The number of aromatic amines is 1. The van der Waals surface area contributed by atoms with E-state index in [2.05, 4.69) is 47.2 Å². The quantitative estimate of drug-likeness (QED) is 0.302. The molecule has 3 saturated heterocycles. The summed E-state index contributed by atoms with van der Waals surface area (Å²) in [5.74, 6) is 0.522. The van der Waals surface area contributed by atoms with Gasteiger partial charge in [-0.3, -0.25) is 29.3 Å². The van der Waals surface area contributed by atoms with Gasteiger partial charge in [0.05, 0.1) is 29.4 Å². The lowest BCUT2D eigenvalue weighted by atomic mass is 9.85. The number of nitrogens with zero attached hydrogens (tertiary/aromatic N) is 9. The third kappa shape index (κ3) is 5.39. The Labute approximate surface area is 270 Å². The average molecular weight is 635 g/mol. The Morgan fingerprint density at radius 2 is 1.72 bits per heavy atom. The number of hydrogen-bond donors (Lipinski definition) is 1. The minimum absolute atomic E-state index is 0.107. The van der Waals surface area contributed by atoms with Gasteiger partial charge in [0, 0.05) is 68.6 Å². The lowest BCUT2D eigenvalue weighted by molar-refractivity contribution is -0.133. The van der Waals surface area contributed by atoms with Crippen LogP contribution in [0.15, 0.2) is 67.1 Å². The first-order chi connectivity index (χ1) is 22.8. The van der Waals surface area contributed by atoms with Gasteiger partial charge in [0.25, 0.3) is 0 Å². The summed E-state index contributed by atoms with van der Waals surface area (Å²) >= 11 is 0. The van der Waals surface area contributed by atoms with Crippen LogP contribution in [0.5, 0.6) is 0 Å². The monoisotopic (exact) mass is 634 g/mol. The zero-order valence-electron chi connectivity index (χ0n) is 26.1. The highest BCUT2D eigenvalue weighted by atomic mass is 19.1. The lowest BCUT2D eigenvalue weighted by Gasteiger charge is -2.37. The maximum atomic E-state index is 13.9. The molecule has 47 heavy (non-hydrogen) atoms. The van der Waals surface area contributed by atoms with Gasteiger partial charge in [-0.2, -0.15) is 10.2 Å². The molecule has 1 atom stereocenters. The highest BCUT2D eigenvalue weighted by Crippen LogP contribution is 2.43. The Kier molecular flexibility index (Phi) is 7.20. The first-order valence-electron chi connectivity index (χ1n) is 16.0. The number of nitrogens with one attached hydrogen (secondary N) is 1. The van der Waals surface area contributed by atoms with Crippen molar-refractivity contribution in [3.63, 3.8) is 0 Å². The molecule has 13 heteroatoms. The molecule has 0 aliphatic carbocycles. The number of anilines is 2. The van der Waals surface area contributed by atoms with Crippen molar-refractivity contribution in [2.75, 3.05) is 62.2 Å². The molecule has 0 saturated carbocycles. The Balaban J connectivity index is 0.874. The van der Waals surface area contributed by atoms with Crippen LogP contribution in [0.25, 0.3) is 33.7 Å². The van der Waals surface area contributed by atoms with Crippen LogP contribution < -0.4 is 9.80 Å². The van der Waals surface area contributed by atoms with E-state index in [-0.39, 0.29) is 11.8 Å². The first-order valence-corrected chi connectivity index (χ1v) is 16.0. The number of H-pyrrole nitrogens is 1. The molecule has 3 aliphatic heterocycles. The van der Waals surface area contributed by atoms with Gasteiger partial charge in [-0.25, -0.2) is 9.37 Å². The molecule has 5 aromatic rings. The number of carbonyl (C=O) groups excluding carboxylic acids is 2. The number of rotatable bonds is 6. The Morgan fingerprint density at radius 3 is 2.47 bits per heavy atom. The number of halogens is 1. The number of fused-ring (bicyclic) bond motifs is 1. The van der Waals surface area contributed by atoms with Gasteiger partial charge < -0.3 is 14.7 Å². The summed E-state index contributed by atoms with van der Waals surface area (Å²) in [5.41, 5.74) is 4.41. The maximum Gasteiger partial charge on any atom is 0.236 e. The number of aromatic nitrogens is 6. The van der Waals surface area contributed by atoms with Crippen LogP contribution in [0, 0.1) is 11.2 Å². The zero-order chi connectivity index (χ0) is 32.1. The van der Waals surface area contributed by atoms with Crippen LogP contribution in [0.4, 0.5) is 15.8 Å². The van der Waals surface area contributed by atoms with E-state index in [1.807, 2.05) is 47.2 Å². The number of piperazine rings is 1. The Bertz CT molecular complexity index is 1950. The molecule has 240 valence electrons.